The van der Waals surface area contributed by atoms with Crippen molar-refractivity contribution in [2.75, 3.05) is 0 Å². The molecular formula is C28H18O5. The number of hydrogen-bond acceptors (Lipinski definition) is 5. The van der Waals surface area contributed by atoms with Crippen molar-refractivity contribution >= 4 is 11.9 Å². The third kappa shape index (κ3) is 3.34. The smallest absolute Gasteiger partial charge is 0.323 e. The maximum absolute atomic E-state index is 12.5. The van der Waals surface area contributed by atoms with Gasteiger partial charge in [-0.05, 0) is 47.5 Å². The van der Waals surface area contributed by atoms with Gasteiger partial charge in [-0.1, -0.05) is 60.7 Å². The molecule has 33 heavy (non-hydrogen) atoms. The number of fused-ring (bicyclic) bond motifs is 2. The Morgan fingerprint density at radius 1 is 0.545 bits per heavy atom. The SMILES string of the molecule is O=C1Oc2ccc(Oc3ccc4c(c3)C(c3ccccc3)C(=O)O4)cc2C1c1ccccc1. The molecule has 2 aliphatic rings. The van der Waals surface area contributed by atoms with E-state index >= 15 is 0 Å². The Hall–Kier alpha value is -4.38. The first-order valence-electron chi connectivity index (χ1n) is 10.7. The van der Waals surface area contributed by atoms with E-state index in [0.717, 1.165) is 22.3 Å². The van der Waals surface area contributed by atoms with Gasteiger partial charge in [-0.15, -0.1) is 0 Å². The van der Waals surface area contributed by atoms with Crippen molar-refractivity contribution in [2.24, 2.45) is 0 Å². The van der Waals surface area contributed by atoms with Crippen LogP contribution in [0.5, 0.6) is 23.0 Å². The normalized spacial score (nSPS) is 18.3. The summed E-state index contributed by atoms with van der Waals surface area (Å²) in [6, 6.07) is 29.8. The van der Waals surface area contributed by atoms with Crippen LogP contribution in [0, 0.1) is 0 Å². The van der Waals surface area contributed by atoms with Gasteiger partial charge in [0.2, 0.25) is 0 Å². The van der Waals surface area contributed by atoms with Crippen LogP contribution in [-0.2, 0) is 9.59 Å². The number of ether oxygens (including phenoxy) is 3. The first kappa shape index (κ1) is 19.3. The summed E-state index contributed by atoms with van der Waals surface area (Å²) in [5.74, 6) is 0.663. The number of esters is 2. The molecule has 2 heterocycles. The van der Waals surface area contributed by atoms with Crippen LogP contribution in [-0.4, -0.2) is 11.9 Å². The Morgan fingerprint density at radius 2 is 0.970 bits per heavy atom. The second-order valence-electron chi connectivity index (χ2n) is 8.03. The van der Waals surface area contributed by atoms with Crippen LogP contribution in [0.3, 0.4) is 0 Å². The standard InChI is InChI=1S/C28H18O5/c29-27-25(17-7-3-1-4-8-17)21-15-19(11-13-23(21)32-27)31-20-12-14-24-22(16-20)26(28(30)33-24)18-9-5-2-6-10-18/h1-16,25-26H. The molecule has 4 aromatic carbocycles. The summed E-state index contributed by atoms with van der Waals surface area (Å²) in [6.45, 7) is 0. The lowest BCUT2D eigenvalue weighted by molar-refractivity contribution is -0.134. The van der Waals surface area contributed by atoms with Gasteiger partial charge in [0.05, 0.1) is 0 Å². The molecule has 2 unspecified atom stereocenters. The maximum atomic E-state index is 12.5. The minimum atomic E-state index is -0.488. The maximum Gasteiger partial charge on any atom is 0.323 e. The molecule has 160 valence electrons. The Kier molecular flexibility index (Phi) is 4.47. The van der Waals surface area contributed by atoms with Crippen LogP contribution in [0.1, 0.15) is 34.1 Å². The van der Waals surface area contributed by atoms with Gasteiger partial charge in [0, 0.05) is 11.1 Å². The predicted octanol–water partition coefficient (Wildman–Crippen LogP) is 5.58. The van der Waals surface area contributed by atoms with E-state index in [-0.39, 0.29) is 11.9 Å². The fourth-order valence-corrected chi connectivity index (χ4v) is 4.46. The second-order valence-corrected chi connectivity index (χ2v) is 8.03. The molecule has 6 rings (SSSR count). The Bertz CT molecular complexity index is 1270. The van der Waals surface area contributed by atoms with E-state index in [4.69, 9.17) is 14.2 Å². The van der Waals surface area contributed by atoms with E-state index in [1.807, 2.05) is 72.8 Å². The van der Waals surface area contributed by atoms with Crippen LogP contribution >= 0.6 is 0 Å². The van der Waals surface area contributed by atoms with Crippen LogP contribution in [0.4, 0.5) is 0 Å². The predicted molar refractivity (Wildman–Crippen MR) is 121 cm³/mol. The lowest BCUT2D eigenvalue weighted by Crippen LogP contribution is -2.11. The summed E-state index contributed by atoms with van der Waals surface area (Å²) in [5, 5.41) is 0. The molecule has 0 amide bonds. The highest BCUT2D eigenvalue weighted by atomic mass is 16.5. The second kappa shape index (κ2) is 7.64. The largest absolute Gasteiger partial charge is 0.457 e. The van der Waals surface area contributed by atoms with E-state index in [1.165, 1.54) is 0 Å². The van der Waals surface area contributed by atoms with Gasteiger partial charge < -0.3 is 14.2 Å². The minimum absolute atomic E-state index is 0.299. The Balaban J connectivity index is 1.33. The molecule has 0 bridgehead atoms. The average Bonchev–Trinajstić information content (AvgIpc) is 3.34. The average molecular weight is 434 g/mol. The summed E-state index contributed by atoms with van der Waals surface area (Å²) < 4.78 is 17.1. The monoisotopic (exact) mass is 434 g/mol. The van der Waals surface area contributed by atoms with Gasteiger partial charge in [-0.25, -0.2) is 0 Å². The first-order chi connectivity index (χ1) is 16.2. The fourth-order valence-electron chi connectivity index (χ4n) is 4.46. The number of hydrogen-bond donors (Lipinski definition) is 0. The highest BCUT2D eigenvalue weighted by molar-refractivity contribution is 5.90. The highest BCUT2D eigenvalue weighted by Gasteiger charge is 2.36. The molecule has 2 atom stereocenters. The van der Waals surface area contributed by atoms with Crippen molar-refractivity contribution in [2.45, 2.75) is 11.8 Å². The summed E-state index contributed by atoms with van der Waals surface area (Å²) in [5.41, 5.74) is 3.28. The molecule has 0 saturated heterocycles. The van der Waals surface area contributed by atoms with E-state index in [2.05, 4.69) is 0 Å². The van der Waals surface area contributed by atoms with Gasteiger partial charge in [0.25, 0.3) is 0 Å². The lowest BCUT2D eigenvalue weighted by atomic mass is 9.92. The number of carbonyl (C=O) groups is 2. The molecule has 0 aliphatic carbocycles. The zero-order valence-electron chi connectivity index (χ0n) is 17.4. The zero-order valence-corrected chi connectivity index (χ0v) is 17.4. The molecule has 0 saturated carbocycles. The molecule has 2 aliphatic heterocycles. The molecule has 0 spiro atoms. The summed E-state index contributed by atoms with van der Waals surface area (Å²) in [7, 11) is 0. The van der Waals surface area contributed by atoms with Crippen molar-refractivity contribution in [3.8, 4) is 23.0 Å². The van der Waals surface area contributed by atoms with Gasteiger partial charge >= 0.3 is 11.9 Å². The number of benzene rings is 4. The van der Waals surface area contributed by atoms with Crippen LogP contribution in [0.15, 0.2) is 97.1 Å². The summed E-state index contributed by atoms with van der Waals surface area (Å²) in [6.07, 6.45) is 0. The molecule has 0 N–H and O–H groups in total. The van der Waals surface area contributed by atoms with Gasteiger partial charge in [-0.2, -0.15) is 0 Å². The lowest BCUT2D eigenvalue weighted by Gasteiger charge is -2.12. The van der Waals surface area contributed by atoms with Gasteiger partial charge in [-0.3, -0.25) is 9.59 Å². The third-order valence-corrected chi connectivity index (χ3v) is 5.98. The van der Waals surface area contributed by atoms with E-state index < -0.39 is 11.8 Å². The van der Waals surface area contributed by atoms with Crippen molar-refractivity contribution in [3.05, 3.63) is 119 Å². The molecule has 0 fully saturated rings. The molecule has 0 aromatic heterocycles. The van der Waals surface area contributed by atoms with E-state index in [1.54, 1.807) is 24.3 Å². The first-order valence-corrected chi connectivity index (χ1v) is 10.7. The van der Waals surface area contributed by atoms with Crippen LogP contribution in [0.25, 0.3) is 0 Å². The molecule has 0 radical (unpaired) electrons. The Morgan fingerprint density at radius 3 is 1.39 bits per heavy atom. The van der Waals surface area contributed by atoms with E-state index in [0.29, 0.717) is 23.0 Å². The van der Waals surface area contributed by atoms with Crippen molar-refractivity contribution in [3.63, 3.8) is 0 Å². The highest BCUT2D eigenvalue weighted by Crippen LogP contribution is 2.44. The molecule has 5 nitrogen and oxygen atoms in total. The van der Waals surface area contributed by atoms with Crippen LogP contribution < -0.4 is 14.2 Å². The van der Waals surface area contributed by atoms with Crippen LogP contribution in [0.2, 0.25) is 0 Å². The fraction of sp³-hybridized carbons (Fsp3) is 0.0714. The minimum Gasteiger partial charge on any atom is -0.457 e. The molecular weight excluding hydrogens is 416 g/mol. The quantitative estimate of drug-likeness (QED) is 0.310. The van der Waals surface area contributed by atoms with Crippen molar-refractivity contribution in [1.82, 2.24) is 0 Å². The van der Waals surface area contributed by atoms with Crippen molar-refractivity contribution in [1.29, 1.82) is 0 Å². The van der Waals surface area contributed by atoms with Gasteiger partial charge in [0.15, 0.2) is 0 Å². The summed E-state index contributed by atoms with van der Waals surface area (Å²) in [4.78, 5) is 25.0. The summed E-state index contributed by atoms with van der Waals surface area (Å²) >= 11 is 0. The third-order valence-electron chi connectivity index (χ3n) is 5.98. The van der Waals surface area contributed by atoms with E-state index in [9.17, 15) is 9.59 Å². The molecule has 5 heteroatoms. The van der Waals surface area contributed by atoms with Gasteiger partial charge in [0.1, 0.15) is 34.8 Å². The topological polar surface area (TPSA) is 61.8 Å². The number of carbonyl (C=O) groups excluding carboxylic acids is 2. The zero-order chi connectivity index (χ0) is 22.4. The molecule has 4 aromatic rings. The Labute approximate surface area is 190 Å². The number of rotatable bonds is 4. The van der Waals surface area contributed by atoms with Crippen molar-refractivity contribution < 1.29 is 23.8 Å².